The molecule has 0 aromatic carbocycles. The van der Waals surface area contributed by atoms with Crippen molar-refractivity contribution in [2.24, 2.45) is 0 Å². The van der Waals surface area contributed by atoms with Gasteiger partial charge >= 0.3 is 0 Å². The van der Waals surface area contributed by atoms with E-state index in [1.807, 2.05) is 27.7 Å². The molecular formula is C16H38O3Si2. The van der Waals surface area contributed by atoms with Crippen LogP contribution in [0.2, 0.25) is 51.4 Å². The third-order valence-corrected chi connectivity index (χ3v) is 6.25. The summed E-state index contributed by atoms with van der Waals surface area (Å²) in [5.74, 6) is 0. The van der Waals surface area contributed by atoms with Gasteiger partial charge in [0, 0.05) is 16.1 Å². The summed E-state index contributed by atoms with van der Waals surface area (Å²) >= 11 is 0. The second-order valence-electron chi connectivity index (χ2n) is 9.28. The molecule has 0 aromatic heterocycles. The van der Waals surface area contributed by atoms with Crippen molar-refractivity contribution >= 4 is 16.1 Å². The van der Waals surface area contributed by atoms with Gasteiger partial charge in [0.15, 0.2) is 6.29 Å². The van der Waals surface area contributed by atoms with Crippen LogP contribution in [0.15, 0.2) is 0 Å². The number of hydrogen-bond donors (Lipinski definition) is 1. The third kappa shape index (κ3) is 9.84. The monoisotopic (exact) mass is 334 g/mol. The Morgan fingerprint density at radius 1 is 0.762 bits per heavy atom. The Balaban J connectivity index is 5.45. The van der Waals surface area contributed by atoms with E-state index in [1.54, 1.807) is 0 Å². The van der Waals surface area contributed by atoms with Crippen LogP contribution in [-0.4, -0.2) is 45.4 Å². The van der Waals surface area contributed by atoms with Crippen molar-refractivity contribution in [1.29, 1.82) is 0 Å². The van der Waals surface area contributed by atoms with E-state index in [0.29, 0.717) is 0 Å². The molecule has 0 aliphatic carbocycles. The molecule has 0 atom stereocenters. The number of rotatable bonds is 9. The van der Waals surface area contributed by atoms with Crippen molar-refractivity contribution in [2.45, 2.75) is 103 Å². The van der Waals surface area contributed by atoms with Crippen LogP contribution in [0.3, 0.4) is 0 Å². The van der Waals surface area contributed by atoms with Crippen LogP contribution in [0.25, 0.3) is 0 Å². The molecule has 0 amide bonds. The van der Waals surface area contributed by atoms with E-state index in [1.165, 1.54) is 0 Å². The molecule has 0 fully saturated rings. The van der Waals surface area contributed by atoms with E-state index in [2.05, 4.69) is 39.3 Å². The normalized spacial score (nSPS) is 14.6. The Hall–Kier alpha value is 0.314. The lowest BCUT2D eigenvalue weighted by Crippen LogP contribution is -2.54. The number of ether oxygens (including phenoxy) is 2. The molecule has 0 saturated heterocycles. The maximum Gasteiger partial charge on any atom is 0.186 e. The van der Waals surface area contributed by atoms with Crippen molar-refractivity contribution in [2.75, 3.05) is 0 Å². The van der Waals surface area contributed by atoms with Crippen molar-refractivity contribution in [3.05, 3.63) is 0 Å². The van der Waals surface area contributed by atoms with E-state index in [9.17, 15) is 5.11 Å². The third-order valence-electron chi connectivity index (χ3n) is 2.90. The minimum Gasteiger partial charge on any atom is -0.385 e. The second-order valence-corrected chi connectivity index (χ2v) is 20.2. The maximum atomic E-state index is 11.5. The first kappa shape index (κ1) is 21.3. The van der Waals surface area contributed by atoms with E-state index in [4.69, 9.17) is 9.47 Å². The SMILES string of the molecule is CC(C)OC(OC(C)C)C(O)(C[Si](C)(C)C)C[Si](C)(C)C. The smallest absolute Gasteiger partial charge is 0.186 e. The topological polar surface area (TPSA) is 38.7 Å². The van der Waals surface area contributed by atoms with Crippen molar-refractivity contribution < 1.29 is 14.6 Å². The van der Waals surface area contributed by atoms with Crippen molar-refractivity contribution in [1.82, 2.24) is 0 Å². The summed E-state index contributed by atoms with van der Waals surface area (Å²) in [5, 5.41) is 11.5. The average molecular weight is 335 g/mol. The highest BCUT2D eigenvalue weighted by atomic mass is 28.3. The molecule has 21 heavy (non-hydrogen) atoms. The van der Waals surface area contributed by atoms with Gasteiger partial charge in [0.1, 0.15) is 5.60 Å². The van der Waals surface area contributed by atoms with Crippen LogP contribution < -0.4 is 0 Å². The zero-order chi connectivity index (χ0) is 17.1. The second kappa shape index (κ2) is 7.73. The summed E-state index contributed by atoms with van der Waals surface area (Å²) in [7, 11) is -2.89. The Morgan fingerprint density at radius 2 is 1.05 bits per heavy atom. The molecule has 1 N–H and O–H groups in total. The zero-order valence-electron chi connectivity index (χ0n) is 15.9. The fourth-order valence-electron chi connectivity index (χ4n) is 2.85. The molecule has 0 aliphatic heterocycles. The quantitative estimate of drug-likeness (QED) is 0.496. The molecule has 0 aromatic rings. The Kier molecular flexibility index (Phi) is 7.84. The molecule has 0 rings (SSSR count). The van der Waals surface area contributed by atoms with Gasteiger partial charge < -0.3 is 14.6 Å². The average Bonchev–Trinajstić information content (AvgIpc) is 2.07. The van der Waals surface area contributed by atoms with Crippen LogP contribution in [0.1, 0.15) is 27.7 Å². The lowest BCUT2D eigenvalue weighted by Gasteiger charge is -2.43. The van der Waals surface area contributed by atoms with Crippen LogP contribution in [-0.2, 0) is 9.47 Å². The van der Waals surface area contributed by atoms with Gasteiger partial charge in [-0.1, -0.05) is 39.3 Å². The molecule has 5 heteroatoms. The van der Waals surface area contributed by atoms with E-state index < -0.39 is 28.0 Å². The van der Waals surface area contributed by atoms with Gasteiger partial charge in [-0.25, -0.2) is 0 Å². The summed E-state index contributed by atoms with van der Waals surface area (Å²) in [4.78, 5) is 0. The minimum atomic E-state index is -1.45. The molecule has 0 heterocycles. The molecule has 0 saturated carbocycles. The van der Waals surface area contributed by atoms with Gasteiger partial charge in [-0.15, -0.1) is 0 Å². The van der Waals surface area contributed by atoms with Gasteiger partial charge in [0.2, 0.25) is 0 Å². The fourth-order valence-corrected chi connectivity index (χ4v) is 7.35. The molecule has 128 valence electrons. The lowest BCUT2D eigenvalue weighted by atomic mass is 10.1. The predicted molar refractivity (Wildman–Crippen MR) is 97.5 cm³/mol. The number of hydrogen-bond acceptors (Lipinski definition) is 3. The Bertz CT molecular complexity index is 278. The Labute approximate surface area is 134 Å². The van der Waals surface area contributed by atoms with Crippen LogP contribution in [0, 0.1) is 0 Å². The largest absolute Gasteiger partial charge is 0.385 e. The highest BCUT2D eigenvalue weighted by Gasteiger charge is 2.45. The first-order valence-corrected chi connectivity index (χ1v) is 15.6. The summed E-state index contributed by atoms with van der Waals surface area (Å²) in [5.41, 5.74) is -0.872. The van der Waals surface area contributed by atoms with Gasteiger partial charge in [0.05, 0.1) is 12.2 Å². The van der Waals surface area contributed by atoms with Gasteiger partial charge in [-0.05, 0) is 39.8 Å². The molecule has 0 spiro atoms. The lowest BCUT2D eigenvalue weighted by molar-refractivity contribution is -0.253. The van der Waals surface area contributed by atoms with Crippen LogP contribution in [0.5, 0.6) is 0 Å². The highest BCUT2D eigenvalue weighted by Crippen LogP contribution is 2.35. The predicted octanol–water partition coefficient (Wildman–Crippen LogP) is 4.57. The summed E-state index contributed by atoms with van der Waals surface area (Å²) < 4.78 is 12.0. The summed E-state index contributed by atoms with van der Waals surface area (Å²) in [6.45, 7) is 21.8. The minimum absolute atomic E-state index is 0.0449. The Morgan fingerprint density at radius 3 is 1.24 bits per heavy atom. The van der Waals surface area contributed by atoms with Crippen molar-refractivity contribution in [3.8, 4) is 0 Å². The highest BCUT2D eigenvalue weighted by molar-refractivity contribution is 6.78. The first-order valence-electron chi connectivity index (χ1n) is 8.18. The van der Waals surface area contributed by atoms with E-state index >= 15 is 0 Å². The molecule has 0 radical (unpaired) electrons. The first-order chi connectivity index (χ1) is 9.15. The van der Waals surface area contributed by atoms with E-state index in [-0.39, 0.29) is 12.2 Å². The molecule has 3 nitrogen and oxygen atoms in total. The molecule has 0 bridgehead atoms. The summed E-state index contributed by atoms with van der Waals surface area (Å²) in [6.07, 6.45) is -0.442. The standard InChI is InChI=1S/C16H38O3Si2/c1-13(2)18-15(19-14(3)4)16(17,11-20(5,6)7)12-21(8,9)10/h13-15,17H,11-12H2,1-10H3. The maximum absolute atomic E-state index is 11.5. The fraction of sp³-hybridized carbons (Fsp3) is 1.00. The van der Waals surface area contributed by atoms with Gasteiger partial charge in [-0.3, -0.25) is 0 Å². The van der Waals surface area contributed by atoms with Crippen LogP contribution >= 0.6 is 0 Å². The zero-order valence-corrected chi connectivity index (χ0v) is 17.9. The van der Waals surface area contributed by atoms with Crippen LogP contribution in [0.4, 0.5) is 0 Å². The van der Waals surface area contributed by atoms with Gasteiger partial charge in [0.25, 0.3) is 0 Å². The summed E-state index contributed by atoms with van der Waals surface area (Å²) in [6, 6.07) is 1.63. The molecule has 0 unspecified atom stereocenters. The van der Waals surface area contributed by atoms with Gasteiger partial charge in [-0.2, -0.15) is 0 Å². The van der Waals surface area contributed by atoms with E-state index in [0.717, 1.165) is 12.1 Å². The van der Waals surface area contributed by atoms with Crippen molar-refractivity contribution in [3.63, 3.8) is 0 Å². The molecular weight excluding hydrogens is 296 g/mol. The molecule has 0 aliphatic rings. The number of aliphatic hydroxyl groups is 1.